The molecule has 2 rings (SSSR count). The lowest BCUT2D eigenvalue weighted by molar-refractivity contribution is -0.00402. The number of carbonyl (C=O) groups is 1. The van der Waals surface area contributed by atoms with Gasteiger partial charge in [-0.3, -0.25) is 4.90 Å². The summed E-state index contributed by atoms with van der Waals surface area (Å²) in [4.78, 5) is 13.8. The summed E-state index contributed by atoms with van der Waals surface area (Å²) < 4.78 is 5.41. The highest BCUT2D eigenvalue weighted by Crippen LogP contribution is 2.38. The van der Waals surface area contributed by atoms with E-state index in [1.807, 2.05) is 0 Å². The zero-order valence-corrected chi connectivity index (χ0v) is 14.5. The maximum absolute atomic E-state index is 12.5. The standard InChI is InChI=1S/C15H22Cl2N2O3/c1-14(2,3)22-13(20)19-11(17)5-4-10(16)12(19)15(21)6-8-18-9-7-15/h4-5,11,18,21H,6-9H2,1-3H3. The first kappa shape index (κ1) is 17.6. The van der Waals surface area contributed by atoms with Crippen LogP contribution in [0.5, 0.6) is 0 Å². The Morgan fingerprint density at radius 2 is 2.05 bits per heavy atom. The van der Waals surface area contributed by atoms with Gasteiger partial charge in [0.15, 0.2) is 0 Å². The van der Waals surface area contributed by atoms with Crippen molar-refractivity contribution in [1.29, 1.82) is 0 Å². The molecular weight excluding hydrogens is 327 g/mol. The summed E-state index contributed by atoms with van der Waals surface area (Å²) in [5, 5.41) is 14.5. The van der Waals surface area contributed by atoms with Gasteiger partial charge in [-0.15, -0.1) is 0 Å². The number of piperidine rings is 1. The number of ether oxygens (including phenoxy) is 1. The highest BCUT2D eigenvalue weighted by atomic mass is 35.5. The highest BCUT2D eigenvalue weighted by Gasteiger charge is 2.44. The molecule has 0 aromatic carbocycles. The lowest BCUT2D eigenvalue weighted by Gasteiger charge is -2.42. The monoisotopic (exact) mass is 348 g/mol. The minimum Gasteiger partial charge on any atom is -0.443 e. The van der Waals surface area contributed by atoms with Crippen molar-refractivity contribution in [3.05, 3.63) is 22.9 Å². The number of nitrogens with one attached hydrogen (secondary N) is 1. The first-order valence-corrected chi connectivity index (χ1v) is 8.13. The molecule has 124 valence electrons. The molecule has 1 amide bonds. The summed E-state index contributed by atoms with van der Waals surface area (Å²) in [6.07, 6.45) is 3.51. The summed E-state index contributed by atoms with van der Waals surface area (Å²) in [5.74, 6) is 0. The van der Waals surface area contributed by atoms with Gasteiger partial charge in [-0.2, -0.15) is 0 Å². The van der Waals surface area contributed by atoms with Gasteiger partial charge < -0.3 is 15.2 Å². The fourth-order valence-electron chi connectivity index (χ4n) is 2.59. The predicted molar refractivity (Wildman–Crippen MR) is 86.8 cm³/mol. The van der Waals surface area contributed by atoms with Gasteiger partial charge in [-0.05, 0) is 58.9 Å². The number of rotatable bonds is 1. The largest absolute Gasteiger partial charge is 0.443 e. The molecule has 0 spiro atoms. The van der Waals surface area contributed by atoms with E-state index < -0.39 is 22.8 Å². The molecule has 0 saturated carbocycles. The third-order valence-corrected chi connectivity index (χ3v) is 4.22. The molecule has 0 bridgehead atoms. The molecule has 5 nitrogen and oxygen atoms in total. The van der Waals surface area contributed by atoms with E-state index in [2.05, 4.69) is 5.32 Å². The van der Waals surface area contributed by atoms with Crippen molar-refractivity contribution in [2.75, 3.05) is 13.1 Å². The van der Waals surface area contributed by atoms with Crippen LogP contribution in [-0.2, 0) is 4.74 Å². The van der Waals surface area contributed by atoms with Gasteiger partial charge in [0.1, 0.15) is 16.7 Å². The molecular formula is C15H22Cl2N2O3. The van der Waals surface area contributed by atoms with E-state index in [-0.39, 0.29) is 0 Å². The van der Waals surface area contributed by atoms with Crippen molar-refractivity contribution in [1.82, 2.24) is 10.2 Å². The molecule has 7 heteroatoms. The van der Waals surface area contributed by atoms with E-state index in [1.165, 1.54) is 4.90 Å². The van der Waals surface area contributed by atoms with Crippen LogP contribution in [0.1, 0.15) is 33.6 Å². The third-order valence-electron chi connectivity index (χ3n) is 3.58. The molecule has 1 saturated heterocycles. The topological polar surface area (TPSA) is 61.8 Å². The first-order valence-electron chi connectivity index (χ1n) is 7.32. The number of carbonyl (C=O) groups excluding carboxylic acids is 1. The first-order chi connectivity index (χ1) is 10.1. The van der Waals surface area contributed by atoms with Gasteiger partial charge in [0.2, 0.25) is 0 Å². The fraction of sp³-hybridized carbons (Fsp3) is 0.667. The number of halogens is 2. The van der Waals surface area contributed by atoms with Gasteiger partial charge in [0.05, 0.1) is 10.7 Å². The Labute approximate surface area is 140 Å². The second-order valence-electron chi connectivity index (χ2n) is 6.56. The normalized spacial score (nSPS) is 25.4. The molecule has 2 N–H and O–H groups in total. The zero-order chi connectivity index (χ0) is 16.5. The maximum Gasteiger partial charge on any atom is 0.416 e. The Bertz CT molecular complexity index is 505. The molecule has 2 aliphatic rings. The lowest BCUT2D eigenvalue weighted by Crippen LogP contribution is -2.52. The van der Waals surface area contributed by atoms with Crippen molar-refractivity contribution < 1.29 is 14.6 Å². The van der Waals surface area contributed by atoms with Crippen LogP contribution in [0.4, 0.5) is 4.79 Å². The summed E-state index contributed by atoms with van der Waals surface area (Å²) in [6, 6.07) is 0. The number of nitrogens with zero attached hydrogens (tertiary/aromatic N) is 1. The molecule has 2 aliphatic heterocycles. The predicted octanol–water partition coefficient (Wildman–Crippen LogP) is 2.92. The van der Waals surface area contributed by atoms with E-state index in [9.17, 15) is 9.90 Å². The van der Waals surface area contributed by atoms with Crippen LogP contribution >= 0.6 is 23.2 Å². The Morgan fingerprint density at radius 3 is 2.59 bits per heavy atom. The van der Waals surface area contributed by atoms with Gasteiger partial charge in [-0.25, -0.2) is 4.79 Å². The van der Waals surface area contributed by atoms with Crippen LogP contribution in [0.25, 0.3) is 0 Å². The number of hydrogen-bond acceptors (Lipinski definition) is 4. The van der Waals surface area contributed by atoms with Gasteiger partial charge in [-0.1, -0.05) is 23.2 Å². The van der Waals surface area contributed by atoms with Crippen molar-refractivity contribution in [3.8, 4) is 0 Å². The molecule has 1 unspecified atom stereocenters. The molecule has 0 aromatic rings. The average Bonchev–Trinajstić information content (AvgIpc) is 2.39. The Hall–Kier alpha value is -0.750. The van der Waals surface area contributed by atoms with E-state index in [4.69, 9.17) is 27.9 Å². The van der Waals surface area contributed by atoms with Crippen molar-refractivity contribution in [3.63, 3.8) is 0 Å². The number of amides is 1. The second kappa shape index (κ2) is 6.40. The number of aliphatic hydroxyl groups is 1. The molecule has 1 fully saturated rings. The lowest BCUT2D eigenvalue weighted by atomic mass is 9.87. The van der Waals surface area contributed by atoms with Gasteiger partial charge >= 0.3 is 6.09 Å². The number of allylic oxidation sites excluding steroid dienone is 2. The number of hydrogen-bond donors (Lipinski definition) is 2. The maximum atomic E-state index is 12.5. The minimum atomic E-state index is -1.20. The number of alkyl halides is 1. The van der Waals surface area contributed by atoms with Gasteiger partial charge in [0, 0.05) is 0 Å². The fourth-order valence-corrected chi connectivity index (χ4v) is 3.18. The van der Waals surface area contributed by atoms with Crippen LogP contribution in [0.15, 0.2) is 22.9 Å². The smallest absolute Gasteiger partial charge is 0.416 e. The van der Waals surface area contributed by atoms with E-state index in [0.29, 0.717) is 36.7 Å². The zero-order valence-electron chi connectivity index (χ0n) is 13.0. The molecule has 22 heavy (non-hydrogen) atoms. The van der Waals surface area contributed by atoms with Crippen LogP contribution in [0.2, 0.25) is 0 Å². The van der Waals surface area contributed by atoms with Crippen LogP contribution in [0.3, 0.4) is 0 Å². The van der Waals surface area contributed by atoms with E-state index in [0.717, 1.165) is 0 Å². The Kier molecular flexibility index (Phi) is 5.12. The van der Waals surface area contributed by atoms with Crippen molar-refractivity contribution >= 4 is 29.3 Å². The van der Waals surface area contributed by atoms with Crippen LogP contribution in [-0.4, -0.2) is 45.9 Å². The summed E-state index contributed by atoms with van der Waals surface area (Å²) in [5.41, 5.74) is -2.28. The second-order valence-corrected chi connectivity index (χ2v) is 7.41. The summed E-state index contributed by atoms with van der Waals surface area (Å²) in [6.45, 7) is 6.61. The highest BCUT2D eigenvalue weighted by molar-refractivity contribution is 6.32. The Morgan fingerprint density at radius 1 is 1.45 bits per heavy atom. The SMILES string of the molecule is CC(C)(C)OC(=O)N1C(C2(O)CCNCC2)=C(Cl)C=CC1Cl. The summed E-state index contributed by atoms with van der Waals surface area (Å²) in [7, 11) is 0. The molecule has 2 heterocycles. The van der Waals surface area contributed by atoms with E-state index >= 15 is 0 Å². The molecule has 1 atom stereocenters. The molecule has 0 aromatic heterocycles. The van der Waals surface area contributed by atoms with Crippen molar-refractivity contribution in [2.24, 2.45) is 0 Å². The quantitative estimate of drug-likeness (QED) is 0.564. The summed E-state index contributed by atoms with van der Waals surface area (Å²) >= 11 is 12.6. The van der Waals surface area contributed by atoms with E-state index in [1.54, 1.807) is 32.9 Å². The van der Waals surface area contributed by atoms with Crippen LogP contribution in [0, 0.1) is 0 Å². The molecule has 0 radical (unpaired) electrons. The average molecular weight is 349 g/mol. The minimum absolute atomic E-state index is 0.312. The molecule has 0 aliphatic carbocycles. The van der Waals surface area contributed by atoms with Gasteiger partial charge in [0.25, 0.3) is 0 Å². The van der Waals surface area contributed by atoms with Crippen LogP contribution < -0.4 is 5.32 Å². The Balaban J connectivity index is 2.37. The van der Waals surface area contributed by atoms with Crippen molar-refractivity contribution in [2.45, 2.75) is 50.3 Å². The third kappa shape index (κ3) is 3.77.